The SMILES string of the molecule is CN(C(=O)Nc1cc(C(F)(F)F)cn(C)c1=O)[C@H]1CCN(c2cnc3[nH]nc(OC4COC4)c3c2)C[C@H]1F. The number of hydrogen-bond donors (Lipinski definition) is 2. The Morgan fingerprint density at radius 1 is 1.32 bits per heavy atom. The monoisotopic (exact) mass is 539 g/mol. The summed E-state index contributed by atoms with van der Waals surface area (Å²) in [6.07, 6.45) is -3.82. The van der Waals surface area contributed by atoms with Gasteiger partial charge in [0.25, 0.3) is 5.56 Å². The van der Waals surface area contributed by atoms with Crippen LogP contribution in [-0.2, 0) is 18.0 Å². The summed E-state index contributed by atoms with van der Waals surface area (Å²) in [5.41, 5.74) is -1.28. The molecule has 15 heteroatoms. The van der Waals surface area contributed by atoms with Crippen molar-refractivity contribution in [2.24, 2.45) is 7.05 Å². The molecular formula is C23H25F4N7O4. The Bertz CT molecular complexity index is 1400. The average molecular weight is 539 g/mol. The third kappa shape index (κ3) is 4.97. The molecule has 11 nitrogen and oxygen atoms in total. The number of amides is 2. The van der Waals surface area contributed by atoms with E-state index in [2.05, 4.69) is 20.5 Å². The van der Waals surface area contributed by atoms with E-state index in [0.29, 0.717) is 54.6 Å². The zero-order valence-electron chi connectivity index (χ0n) is 20.5. The number of alkyl halides is 4. The maximum Gasteiger partial charge on any atom is 0.417 e. The van der Waals surface area contributed by atoms with E-state index in [4.69, 9.17) is 9.47 Å². The molecule has 2 aliphatic rings. The summed E-state index contributed by atoms with van der Waals surface area (Å²) in [5.74, 6) is 0.381. The van der Waals surface area contributed by atoms with E-state index < -0.39 is 41.2 Å². The van der Waals surface area contributed by atoms with Crippen molar-refractivity contribution in [3.8, 4) is 5.88 Å². The molecule has 0 bridgehead atoms. The van der Waals surface area contributed by atoms with Crippen molar-refractivity contribution in [2.45, 2.75) is 30.9 Å². The largest absolute Gasteiger partial charge is 0.468 e. The van der Waals surface area contributed by atoms with Crippen LogP contribution in [0.15, 0.2) is 29.3 Å². The van der Waals surface area contributed by atoms with E-state index in [1.54, 1.807) is 17.2 Å². The zero-order chi connectivity index (χ0) is 27.2. The van der Waals surface area contributed by atoms with Gasteiger partial charge in [0, 0.05) is 26.8 Å². The Hall–Kier alpha value is -3.88. The topological polar surface area (TPSA) is 118 Å². The molecule has 2 atom stereocenters. The summed E-state index contributed by atoms with van der Waals surface area (Å²) >= 11 is 0. The van der Waals surface area contributed by atoms with Crippen LogP contribution in [0.25, 0.3) is 11.0 Å². The van der Waals surface area contributed by atoms with E-state index in [9.17, 15) is 22.8 Å². The number of nitrogens with one attached hydrogen (secondary N) is 2. The number of H-pyrrole nitrogens is 1. The van der Waals surface area contributed by atoms with Gasteiger partial charge in [0.1, 0.15) is 18.0 Å². The first-order chi connectivity index (χ1) is 18.0. The molecule has 2 aliphatic heterocycles. The van der Waals surface area contributed by atoms with Crippen molar-refractivity contribution in [1.29, 1.82) is 0 Å². The van der Waals surface area contributed by atoms with Gasteiger partial charge < -0.3 is 29.2 Å². The lowest BCUT2D eigenvalue weighted by atomic mass is 10.0. The van der Waals surface area contributed by atoms with Gasteiger partial charge in [-0.3, -0.25) is 9.89 Å². The standard InChI is InChI=1S/C23H25F4N7O4/c1-32-8-12(23(25,26)27)5-17(21(32)35)29-22(36)33(2)18-3-4-34(9-16(18)24)13-6-15-19(28-7-13)30-31-20(15)38-14-10-37-11-14/h5-8,14,16,18H,3-4,9-11H2,1-2H3,(H,29,36)(H,28,30,31)/t16-,18+/m1/s1. The number of hydrogen-bond acceptors (Lipinski definition) is 7. The summed E-state index contributed by atoms with van der Waals surface area (Å²) in [4.78, 5) is 32.2. The number of piperidine rings is 1. The fourth-order valence-corrected chi connectivity index (χ4v) is 4.45. The Morgan fingerprint density at radius 3 is 2.74 bits per heavy atom. The van der Waals surface area contributed by atoms with Crippen LogP contribution in [0.2, 0.25) is 0 Å². The number of fused-ring (bicyclic) bond motifs is 1. The number of aromatic amines is 1. The molecule has 2 amide bonds. The Morgan fingerprint density at radius 2 is 2.08 bits per heavy atom. The van der Waals surface area contributed by atoms with Gasteiger partial charge in [0.15, 0.2) is 5.65 Å². The van der Waals surface area contributed by atoms with Crippen LogP contribution in [-0.4, -0.2) is 82.3 Å². The van der Waals surface area contributed by atoms with Gasteiger partial charge in [-0.05, 0) is 18.6 Å². The second-order valence-corrected chi connectivity index (χ2v) is 9.31. The molecule has 5 heterocycles. The third-order valence-electron chi connectivity index (χ3n) is 6.70. The molecule has 0 unspecified atom stereocenters. The van der Waals surface area contributed by atoms with Crippen LogP contribution in [0.4, 0.5) is 33.7 Å². The van der Waals surface area contributed by atoms with Gasteiger partial charge >= 0.3 is 12.2 Å². The number of rotatable bonds is 5. The molecule has 204 valence electrons. The predicted molar refractivity (Wildman–Crippen MR) is 128 cm³/mol. The van der Waals surface area contributed by atoms with Crippen molar-refractivity contribution in [1.82, 2.24) is 24.6 Å². The molecule has 2 N–H and O–H groups in total. The highest BCUT2D eigenvalue weighted by Gasteiger charge is 2.36. The second kappa shape index (κ2) is 9.78. The normalized spacial score (nSPS) is 20.3. The first-order valence-corrected chi connectivity index (χ1v) is 11.8. The lowest BCUT2D eigenvalue weighted by Crippen LogP contribution is -2.54. The van der Waals surface area contributed by atoms with Crippen LogP contribution >= 0.6 is 0 Å². The molecule has 2 saturated heterocycles. The number of carbonyl (C=O) groups excluding carboxylic acids is 1. The third-order valence-corrected chi connectivity index (χ3v) is 6.70. The average Bonchev–Trinajstić information content (AvgIpc) is 3.25. The van der Waals surface area contributed by atoms with Crippen LogP contribution in [0.1, 0.15) is 12.0 Å². The smallest absolute Gasteiger partial charge is 0.417 e. The van der Waals surface area contributed by atoms with E-state index in [-0.39, 0.29) is 19.1 Å². The molecule has 0 aliphatic carbocycles. The molecule has 38 heavy (non-hydrogen) atoms. The van der Waals surface area contributed by atoms with Gasteiger partial charge in [-0.25, -0.2) is 14.2 Å². The number of aryl methyl sites for hydroxylation is 1. The minimum atomic E-state index is -4.71. The highest BCUT2D eigenvalue weighted by Crippen LogP contribution is 2.31. The fraction of sp³-hybridized carbons (Fsp3) is 0.478. The van der Waals surface area contributed by atoms with E-state index in [1.165, 1.54) is 7.05 Å². The summed E-state index contributed by atoms with van der Waals surface area (Å²) in [6, 6.07) is 0.626. The van der Waals surface area contributed by atoms with Crippen LogP contribution in [0.5, 0.6) is 5.88 Å². The number of urea groups is 1. The van der Waals surface area contributed by atoms with Crippen molar-refractivity contribution in [2.75, 3.05) is 43.6 Å². The lowest BCUT2D eigenvalue weighted by molar-refractivity contribution is -0.138. The maximum absolute atomic E-state index is 15.3. The fourth-order valence-electron chi connectivity index (χ4n) is 4.45. The van der Waals surface area contributed by atoms with Crippen molar-refractivity contribution in [3.63, 3.8) is 0 Å². The van der Waals surface area contributed by atoms with E-state index in [0.717, 1.165) is 16.5 Å². The molecule has 3 aromatic rings. The van der Waals surface area contributed by atoms with Crippen molar-refractivity contribution < 1.29 is 31.8 Å². The highest BCUT2D eigenvalue weighted by atomic mass is 19.4. The molecule has 0 aromatic carbocycles. The lowest BCUT2D eigenvalue weighted by Gasteiger charge is -2.39. The number of aromatic nitrogens is 4. The maximum atomic E-state index is 15.3. The van der Waals surface area contributed by atoms with Gasteiger partial charge in [-0.1, -0.05) is 0 Å². The number of nitrogens with zero attached hydrogens (tertiary/aromatic N) is 5. The quantitative estimate of drug-likeness (QED) is 0.479. The Labute approximate surface area is 213 Å². The number of anilines is 2. The van der Waals surface area contributed by atoms with Gasteiger partial charge in [0.2, 0.25) is 5.88 Å². The predicted octanol–water partition coefficient (Wildman–Crippen LogP) is 2.53. The van der Waals surface area contributed by atoms with E-state index >= 15 is 4.39 Å². The summed E-state index contributed by atoms with van der Waals surface area (Å²) < 4.78 is 66.4. The molecule has 0 saturated carbocycles. The minimum Gasteiger partial charge on any atom is -0.468 e. The number of pyridine rings is 2. The molecule has 5 rings (SSSR count). The van der Waals surface area contributed by atoms with Gasteiger partial charge in [-0.15, -0.1) is 5.10 Å². The highest BCUT2D eigenvalue weighted by molar-refractivity contribution is 5.89. The molecular weight excluding hydrogens is 514 g/mol. The zero-order valence-corrected chi connectivity index (χ0v) is 20.5. The Balaban J connectivity index is 1.26. The van der Waals surface area contributed by atoms with Crippen LogP contribution in [0.3, 0.4) is 0 Å². The summed E-state index contributed by atoms with van der Waals surface area (Å²) in [5, 5.41) is 9.79. The first kappa shape index (κ1) is 25.8. The minimum absolute atomic E-state index is 0.0503. The number of carbonyl (C=O) groups is 1. The van der Waals surface area contributed by atoms with Crippen LogP contribution < -0.4 is 20.5 Å². The first-order valence-electron chi connectivity index (χ1n) is 11.8. The molecule has 0 radical (unpaired) electrons. The van der Waals surface area contributed by atoms with Crippen molar-refractivity contribution >= 4 is 28.4 Å². The Kier molecular flexibility index (Phi) is 6.63. The summed E-state index contributed by atoms with van der Waals surface area (Å²) in [6.45, 7) is 1.28. The molecule has 3 aromatic heterocycles. The molecule has 2 fully saturated rings. The van der Waals surface area contributed by atoms with E-state index in [1.807, 2.05) is 0 Å². The van der Waals surface area contributed by atoms with Crippen LogP contribution in [0, 0.1) is 0 Å². The molecule has 0 spiro atoms. The second-order valence-electron chi connectivity index (χ2n) is 9.31. The number of halogens is 4. The number of ether oxygens (including phenoxy) is 2. The van der Waals surface area contributed by atoms with Gasteiger partial charge in [0.05, 0.1) is 48.6 Å². The van der Waals surface area contributed by atoms with Crippen molar-refractivity contribution in [3.05, 3.63) is 40.4 Å². The van der Waals surface area contributed by atoms with Gasteiger partial charge in [-0.2, -0.15) is 13.2 Å². The summed E-state index contributed by atoms with van der Waals surface area (Å²) in [7, 11) is 2.49.